The van der Waals surface area contributed by atoms with E-state index in [0.29, 0.717) is 11.3 Å². The van der Waals surface area contributed by atoms with E-state index >= 15 is 0 Å². The Morgan fingerprint density at radius 1 is 0.857 bits per heavy atom. The van der Waals surface area contributed by atoms with Gasteiger partial charge in [0.1, 0.15) is 0 Å². The molecular formula is C26H30N2O5S2. The summed E-state index contributed by atoms with van der Waals surface area (Å²) in [5.74, 6) is -0.286. The lowest BCUT2D eigenvalue weighted by atomic mass is 10.1. The van der Waals surface area contributed by atoms with Gasteiger partial charge in [0.2, 0.25) is 10.0 Å². The number of carbonyl (C=O) groups is 1. The molecule has 0 saturated carbocycles. The van der Waals surface area contributed by atoms with Gasteiger partial charge in [-0.05, 0) is 67.3 Å². The number of hydrogen-bond donors (Lipinski definition) is 1. The highest BCUT2D eigenvalue weighted by atomic mass is 32.2. The van der Waals surface area contributed by atoms with Gasteiger partial charge in [-0.3, -0.25) is 9.10 Å². The number of sulfonamides is 1. The Morgan fingerprint density at radius 3 is 1.89 bits per heavy atom. The summed E-state index contributed by atoms with van der Waals surface area (Å²) in [6, 6.07) is 18.5. The highest BCUT2D eigenvalue weighted by Crippen LogP contribution is 2.28. The number of amides is 1. The van der Waals surface area contributed by atoms with E-state index in [2.05, 4.69) is 5.32 Å². The number of anilines is 1. The topological polar surface area (TPSA) is 101 Å². The van der Waals surface area contributed by atoms with Gasteiger partial charge in [0, 0.05) is 11.8 Å². The summed E-state index contributed by atoms with van der Waals surface area (Å²) in [6.07, 6.45) is 2.33. The van der Waals surface area contributed by atoms with Crippen LogP contribution < -0.4 is 9.62 Å². The first-order valence-electron chi connectivity index (χ1n) is 11.0. The Kier molecular flexibility index (Phi) is 7.71. The van der Waals surface area contributed by atoms with Gasteiger partial charge in [0.25, 0.3) is 5.91 Å². The van der Waals surface area contributed by atoms with Crippen LogP contribution in [0.4, 0.5) is 5.69 Å². The Balaban J connectivity index is 1.74. The second-order valence-corrected chi connectivity index (χ2v) is 12.7. The van der Waals surface area contributed by atoms with Crippen molar-refractivity contribution in [2.45, 2.75) is 38.3 Å². The Hall–Kier alpha value is -3.17. The number of carbonyl (C=O) groups excluding carboxylic acids is 1. The Bertz CT molecular complexity index is 1410. The van der Waals surface area contributed by atoms with Gasteiger partial charge >= 0.3 is 0 Å². The first kappa shape index (κ1) is 26.4. The lowest BCUT2D eigenvalue weighted by molar-refractivity contribution is 0.0940. The third kappa shape index (κ3) is 6.49. The van der Waals surface area contributed by atoms with Crippen molar-refractivity contribution in [3.8, 4) is 0 Å². The maximum Gasteiger partial charge on any atom is 0.251 e. The molecule has 0 fully saturated rings. The first-order chi connectivity index (χ1) is 16.3. The summed E-state index contributed by atoms with van der Waals surface area (Å²) in [5, 5.41) is 2.90. The lowest BCUT2D eigenvalue weighted by Gasteiger charge is -2.26. The van der Waals surface area contributed by atoms with Crippen LogP contribution in [-0.2, 0) is 26.4 Å². The van der Waals surface area contributed by atoms with E-state index in [9.17, 15) is 21.6 Å². The monoisotopic (exact) mass is 514 g/mol. The van der Waals surface area contributed by atoms with Crippen LogP contribution in [0.5, 0.6) is 0 Å². The maximum absolute atomic E-state index is 12.7. The minimum Gasteiger partial charge on any atom is -0.346 e. The number of nitrogens with zero attached hydrogens (tertiary/aromatic N) is 1. The van der Waals surface area contributed by atoms with Crippen LogP contribution in [0.25, 0.3) is 0 Å². The number of rotatable bonds is 8. The predicted molar refractivity (Wildman–Crippen MR) is 139 cm³/mol. The normalized spacial score (nSPS) is 12.7. The quantitative estimate of drug-likeness (QED) is 0.486. The molecule has 3 aromatic carbocycles. The fourth-order valence-corrected chi connectivity index (χ4v) is 5.49. The van der Waals surface area contributed by atoms with Crippen molar-refractivity contribution in [1.82, 2.24) is 5.32 Å². The van der Waals surface area contributed by atoms with Crippen molar-refractivity contribution in [1.29, 1.82) is 0 Å². The molecule has 0 aliphatic heterocycles. The number of hydrogen-bond acceptors (Lipinski definition) is 5. The number of benzene rings is 3. The van der Waals surface area contributed by atoms with Crippen LogP contribution in [-0.4, -0.2) is 35.3 Å². The van der Waals surface area contributed by atoms with Gasteiger partial charge in [-0.1, -0.05) is 42.5 Å². The van der Waals surface area contributed by atoms with Crippen molar-refractivity contribution in [2.24, 2.45) is 0 Å². The summed E-state index contributed by atoms with van der Waals surface area (Å²) in [7, 11) is -6.81. The fourth-order valence-electron chi connectivity index (χ4n) is 3.86. The van der Waals surface area contributed by atoms with Crippen LogP contribution >= 0.6 is 0 Å². The Labute approximate surface area is 207 Å². The molecule has 0 bridgehead atoms. The van der Waals surface area contributed by atoms with Crippen molar-refractivity contribution < 1.29 is 21.6 Å². The lowest BCUT2D eigenvalue weighted by Crippen LogP contribution is -2.30. The minimum atomic E-state index is -3.53. The molecule has 35 heavy (non-hydrogen) atoms. The molecule has 0 aliphatic rings. The molecular weight excluding hydrogens is 484 g/mol. The first-order valence-corrected chi connectivity index (χ1v) is 14.7. The summed E-state index contributed by atoms with van der Waals surface area (Å²) < 4.78 is 49.8. The molecule has 0 saturated heterocycles. The molecule has 1 amide bonds. The summed E-state index contributed by atoms with van der Waals surface area (Å²) >= 11 is 0. The van der Waals surface area contributed by atoms with Crippen LogP contribution in [0.1, 0.15) is 45.6 Å². The second-order valence-electron chi connectivity index (χ2n) is 8.74. The molecule has 3 rings (SSSR count). The number of nitrogens with one attached hydrogen (secondary N) is 1. The average molecular weight is 515 g/mol. The number of aryl methyl sites for hydroxylation is 2. The van der Waals surface area contributed by atoms with E-state index in [4.69, 9.17) is 0 Å². The minimum absolute atomic E-state index is 0.148. The van der Waals surface area contributed by atoms with Crippen molar-refractivity contribution in [3.05, 3.63) is 94.5 Å². The molecule has 0 spiro atoms. The second kappa shape index (κ2) is 10.2. The molecule has 3 aromatic rings. The van der Waals surface area contributed by atoms with Gasteiger partial charge in [0.05, 0.1) is 29.4 Å². The molecule has 9 heteroatoms. The Morgan fingerprint density at radius 2 is 1.40 bits per heavy atom. The van der Waals surface area contributed by atoms with E-state index < -0.39 is 19.9 Å². The van der Waals surface area contributed by atoms with Gasteiger partial charge in [-0.2, -0.15) is 0 Å². The molecule has 0 aromatic heterocycles. The van der Waals surface area contributed by atoms with Crippen LogP contribution in [0.3, 0.4) is 0 Å². The van der Waals surface area contributed by atoms with Crippen LogP contribution in [0.15, 0.2) is 71.6 Å². The van der Waals surface area contributed by atoms with Crippen molar-refractivity contribution in [3.63, 3.8) is 0 Å². The molecule has 186 valence electrons. The SMILES string of the molecule is Cc1cccc(C)c1N(Cc1ccc(C(=O)N[C@H](C)c2ccc(S(C)(=O)=O)cc2)cc1)S(C)(=O)=O. The largest absolute Gasteiger partial charge is 0.346 e. The molecule has 7 nitrogen and oxygen atoms in total. The van der Waals surface area contributed by atoms with Gasteiger partial charge in [0.15, 0.2) is 9.84 Å². The zero-order chi connectivity index (χ0) is 26.0. The molecule has 1 atom stereocenters. The highest BCUT2D eigenvalue weighted by Gasteiger charge is 2.22. The van der Waals surface area contributed by atoms with Gasteiger partial charge < -0.3 is 5.32 Å². The molecule has 0 heterocycles. The maximum atomic E-state index is 12.7. The predicted octanol–water partition coefficient (Wildman–Crippen LogP) is 4.16. The zero-order valence-corrected chi connectivity index (χ0v) is 22.1. The van der Waals surface area contributed by atoms with Gasteiger partial charge in [-0.15, -0.1) is 0 Å². The van der Waals surface area contributed by atoms with Gasteiger partial charge in [-0.25, -0.2) is 16.8 Å². The van der Waals surface area contributed by atoms with E-state index in [1.807, 2.05) is 39.0 Å². The smallest absolute Gasteiger partial charge is 0.251 e. The third-order valence-electron chi connectivity index (χ3n) is 5.79. The van der Waals surface area contributed by atoms with Crippen LogP contribution in [0, 0.1) is 13.8 Å². The van der Waals surface area contributed by atoms with E-state index in [1.165, 1.54) is 22.7 Å². The highest BCUT2D eigenvalue weighted by molar-refractivity contribution is 7.92. The standard InChI is InChI=1S/C26H30N2O5S2/c1-18-7-6-8-19(2)25(18)28(35(5,32)33)17-21-9-11-23(12-10-21)26(29)27-20(3)22-13-15-24(16-14-22)34(4,30)31/h6-16,20H,17H2,1-5H3,(H,27,29)/t20-/m1/s1. The summed E-state index contributed by atoms with van der Waals surface area (Å²) in [4.78, 5) is 13.0. The van der Waals surface area contributed by atoms with Crippen LogP contribution in [0.2, 0.25) is 0 Å². The van der Waals surface area contributed by atoms with Crippen molar-refractivity contribution >= 4 is 31.5 Å². The average Bonchev–Trinajstić information content (AvgIpc) is 2.77. The third-order valence-corrected chi connectivity index (χ3v) is 8.03. The van der Waals surface area contributed by atoms with E-state index in [-0.39, 0.29) is 23.4 Å². The zero-order valence-electron chi connectivity index (χ0n) is 20.4. The molecule has 0 unspecified atom stereocenters. The number of para-hydroxylation sites is 1. The summed E-state index contributed by atoms with van der Waals surface area (Å²) in [5.41, 5.74) is 4.35. The molecule has 1 N–H and O–H groups in total. The van der Waals surface area contributed by atoms with Crippen molar-refractivity contribution in [2.75, 3.05) is 16.8 Å². The van der Waals surface area contributed by atoms with E-state index in [1.54, 1.807) is 36.4 Å². The van der Waals surface area contributed by atoms with E-state index in [0.717, 1.165) is 28.5 Å². The number of sulfone groups is 1. The fraction of sp³-hybridized carbons (Fsp3) is 0.269. The molecule has 0 aliphatic carbocycles. The summed E-state index contributed by atoms with van der Waals surface area (Å²) in [6.45, 7) is 5.72. The molecule has 0 radical (unpaired) electrons.